The van der Waals surface area contributed by atoms with Crippen LogP contribution in [0.3, 0.4) is 0 Å². The normalized spacial score (nSPS) is 10.3. The van der Waals surface area contributed by atoms with Gasteiger partial charge in [-0.05, 0) is 54.4 Å². The Labute approximate surface area is 153 Å². The summed E-state index contributed by atoms with van der Waals surface area (Å²) in [5, 5.41) is 13.1. The zero-order chi connectivity index (χ0) is 18.4. The number of nitriles is 1. The number of benzene rings is 2. The molecule has 0 unspecified atom stereocenters. The fourth-order valence-corrected chi connectivity index (χ4v) is 2.79. The van der Waals surface area contributed by atoms with Gasteiger partial charge in [0.15, 0.2) is 0 Å². The summed E-state index contributed by atoms with van der Waals surface area (Å²) in [7, 11) is 0. The van der Waals surface area contributed by atoms with Crippen LogP contribution in [-0.4, -0.2) is 27.1 Å². The molecule has 0 atom stereocenters. The van der Waals surface area contributed by atoms with Gasteiger partial charge in [0.25, 0.3) is 5.91 Å². The van der Waals surface area contributed by atoms with Gasteiger partial charge in [-0.1, -0.05) is 19.1 Å². The van der Waals surface area contributed by atoms with Gasteiger partial charge in [0.1, 0.15) is 0 Å². The molecular weight excluding hydrogens is 324 g/mol. The zero-order valence-electron chi connectivity index (χ0n) is 14.7. The second-order valence-corrected chi connectivity index (χ2v) is 6.03. The number of nitrogens with zero attached hydrogens (tertiary/aromatic N) is 4. The van der Waals surface area contributed by atoms with Crippen LogP contribution in [0.4, 0.5) is 0 Å². The molecule has 1 aromatic heterocycles. The van der Waals surface area contributed by atoms with E-state index in [4.69, 9.17) is 5.26 Å². The van der Waals surface area contributed by atoms with Crippen LogP contribution in [0.15, 0.2) is 67.0 Å². The largest absolute Gasteiger partial charge is 0.334 e. The van der Waals surface area contributed by atoms with Gasteiger partial charge in [0.2, 0.25) is 0 Å². The Morgan fingerprint density at radius 3 is 2.46 bits per heavy atom. The van der Waals surface area contributed by atoms with Crippen LogP contribution in [0.1, 0.15) is 34.8 Å². The van der Waals surface area contributed by atoms with E-state index in [0.29, 0.717) is 24.2 Å². The molecule has 3 aromatic rings. The van der Waals surface area contributed by atoms with Crippen molar-refractivity contribution >= 4 is 5.91 Å². The Hall–Kier alpha value is -3.39. The van der Waals surface area contributed by atoms with E-state index in [-0.39, 0.29) is 5.91 Å². The average Bonchev–Trinajstić information content (AvgIpc) is 3.22. The molecule has 0 bridgehead atoms. The van der Waals surface area contributed by atoms with Gasteiger partial charge < -0.3 is 4.90 Å². The van der Waals surface area contributed by atoms with Crippen LogP contribution in [0, 0.1) is 11.3 Å². The first-order valence-electron chi connectivity index (χ1n) is 8.59. The van der Waals surface area contributed by atoms with E-state index in [1.807, 2.05) is 53.6 Å². The third-order valence-corrected chi connectivity index (χ3v) is 4.12. The maximum Gasteiger partial charge on any atom is 0.254 e. The van der Waals surface area contributed by atoms with Crippen LogP contribution in [0.2, 0.25) is 0 Å². The van der Waals surface area contributed by atoms with Crippen molar-refractivity contribution in [3.63, 3.8) is 0 Å². The molecule has 1 amide bonds. The first-order chi connectivity index (χ1) is 12.7. The van der Waals surface area contributed by atoms with E-state index in [1.165, 1.54) is 0 Å². The fraction of sp³-hybridized carbons (Fsp3) is 0.190. The van der Waals surface area contributed by atoms with E-state index in [1.54, 1.807) is 23.0 Å². The minimum Gasteiger partial charge on any atom is -0.334 e. The highest BCUT2D eigenvalue weighted by Crippen LogP contribution is 2.14. The summed E-state index contributed by atoms with van der Waals surface area (Å²) in [6.45, 7) is 3.26. The molecule has 5 nitrogen and oxygen atoms in total. The molecule has 0 radical (unpaired) electrons. The quantitative estimate of drug-likeness (QED) is 0.683. The molecule has 0 fully saturated rings. The highest BCUT2D eigenvalue weighted by molar-refractivity contribution is 5.94. The van der Waals surface area contributed by atoms with Crippen molar-refractivity contribution < 1.29 is 4.79 Å². The number of amides is 1. The molecule has 3 rings (SSSR count). The lowest BCUT2D eigenvalue weighted by Crippen LogP contribution is -2.31. The Bertz CT molecular complexity index is 891. The standard InChI is InChI=1S/C21H20N4O/c1-2-13-24(16-18-6-4-17(15-22)5-7-18)21(26)19-8-10-20(11-9-19)25-14-3-12-23-25/h3-12,14H,2,13,16H2,1H3. The molecule has 1 heterocycles. The summed E-state index contributed by atoms with van der Waals surface area (Å²) in [6, 6.07) is 18.8. The van der Waals surface area contributed by atoms with Gasteiger partial charge in [-0.25, -0.2) is 4.68 Å². The van der Waals surface area contributed by atoms with E-state index in [0.717, 1.165) is 17.7 Å². The molecule has 26 heavy (non-hydrogen) atoms. The second kappa shape index (κ2) is 8.13. The first kappa shape index (κ1) is 17.4. The number of hydrogen-bond donors (Lipinski definition) is 0. The molecule has 0 aliphatic heterocycles. The van der Waals surface area contributed by atoms with Gasteiger partial charge in [0, 0.05) is 31.0 Å². The summed E-state index contributed by atoms with van der Waals surface area (Å²) < 4.78 is 1.76. The summed E-state index contributed by atoms with van der Waals surface area (Å²) in [5.41, 5.74) is 3.21. The van der Waals surface area contributed by atoms with Gasteiger partial charge in [-0.15, -0.1) is 0 Å². The number of carbonyl (C=O) groups is 1. The van der Waals surface area contributed by atoms with Crippen LogP contribution < -0.4 is 0 Å². The number of rotatable bonds is 6. The predicted octanol–water partition coefficient (Wildman–Crippen LogP) is 3.80. The third-order valence-electron chi connectivity index (χ3n) is 4.12. The molecule has 0 spiro atoms. The summed E-state index contributed by atoms with van der Waals surface area (Å²) in [6.07, 6.45) is 4.47. The van der Waals surface area contributed by atoms with Gasteiger partial charge in [0.05, 0.1) is 17.3 Å². The smallest absolute Gasteiger partial charge is 0.254 e. The molecule has 5 heteroatoms. The Balaban J connectivity index is 1.76. The molecule has 2 aromatic carbocycles. The topological polar surface area (TPSA) is 61.9 Å². The predicted molar refractivity (Wildman–Crippen MR) is 99.8 cm³/mol. The molecule has 0 saturated heterocycles. The maximum absolute atomic E-state index is 12.9. The lowest BCUT2D eigenvalue weighted by Gasteiger charge is -2.22. The maximum atomic E-state index is 12.9. The number of aromatic nitrogens is 2. The van der Waals surface area contributed by atoms with Crippen LogP contribution in [0.25, 0.3) is 5.69 Å². The molecule has 0 aliphatic carbocycles. The van der Waals surface area contributed by atoms with E-state index < -0.39 is 0 Å². The van der Waals surface area contributed by atoms with Gasteiger partial charge >= 0.3 is 0 Å². The van der Waals surface area contributed by atoms with Crippen molar-refractivity contribution in [1.82, 2.24) is 14.7 Å². The second-order valence-electron chi connectivity index (χ2n) is 6.03. The lowest BCUT2D eigenvalue weighted by atomic mass is 10.1. The molecule has 0 N–H and O–H groups in total. The van der Waals surface area contributed by atoms with Crippen LogP contribution in [-0.2, 0) is 6.54 Å². The van der Waals surface area contributed by atoms with E-state index >= 15 is 0 Å². The molecule has 0 saturated carbocycles. The van der Waals surface area contributed by atoms with Crippen molar-refractivity contribution in [1.29, 1.82) is 5.26 Å². The van der Waals surface area contributed by atoms with Crippen molar-refractivity contribution in [2.24, 2.45) is 0 Å². The minimum atomic E-state index is 0.00299. The Morgan fingerprint density at radius 1 is 1.15 bits per heavy atom. The zero-order valence-corrected chi connectivity index (χ0v) is 14.7. The van der Waals surface area contributed by atoms with Gasteiger partial charge in [-0.3, -0.25) is 4.79 Å². The monoisotopic (exact) mass is 344 g/mol. The number of hydrogen-bond acceptors (Lipinski definition) is 3. The van der Waals surface area contributed by atoms with Crippen LogP contribution in [0.5, 0.6) is 0 Å². The Morgan fingerprint density at radius 2 is 1.88 bits per heavy atom. The Kier molecular flexibility index (Phi) is 5.45. The van der Waals surface area contributed by atoms with E-state index in [9.17, 15) is 4.79 Å². The lowest BCUT2D eigenvalue weighted by molar-refractivity contribution is 0.0743. The summed E-state index contributed by atoms with van der Waals surface area (Å²) in [5.74, 6) is 0.00299. The van der Waals surface area contributed by atoms with Crippen molar-refractivity contribution in [2.45, 2.75) is 19.9 Å². The molecule has 0 aliphatic rings. The molecule has 130 valence electrons. The average molecular weight is 344 g/mol. The van der Waals surface area contributed by atoms with Crippen molar-refractivity contribution in [3.8, 4) is 11.8 Å². The minimum absolute atomic E-state index is 0.00299. The third kappa shape index (κ3) is 3.98. The first-order valence-corrected chi connectivity index (χ1v) is 8.59. The van der Waals surface area contributed by atoms with Gasteiger partial charge in [-0.2, -0.15) is 10.4 Å². The van der Waals surface area contributed by atoms with Crippen molar-refractivity contribution in [3.05, 3.63) is 83.7 Å². The highest BCUT2D eigenvalue weighted by atomic mass is 16.2. The number of carbonyl (C=O) groups excluding carboxylic acids is 1. The summed E-state index contributed by atoms with van der Waals surface area (Å²) >= 11 is 0. The SMILES string of the molecule is CCCN(Cc1ccc(C#N)cc1)C(=O)c1ccc(-n2cccn2)cc1. The van der Waals surface area contributed by atoms with Crippen LogP contribution >= 0.6 is 0 Å². The fourth-order valence-electron chi connectivity index (χ4n) is 2.79. The summed E-state index contributed by atoms with van der Waals surface area (Å²) in [4.78, 5) is 14.7. The highest BCUT2D eigenvalue weighted by Gasteiger charge is 2.15. The molecular formula is C21H20N4O. The van der Waals surface area contributed by atoms with Crippen molar-refractivity contribution in [2.75, 3.05) is 6.54 Å². The van der Waals surface area contributed by atoms with E-state index in [2.05, 4.69) is 18.1 Å².